The van der Waals surface area contributed by atoms with Gasteiger partial charge in [-0.25, -0.2) is 0 Å². The Kier molecular flexibility index (Phi) is 4.50. The van der Waals surface area contributed by atoms with Crippen molar-refractivity contribution in [3.63, 3.8) is 0 Å². The van der Waals surface area contributed by atoms with Crippen molar-refractivity contribution in [2.45, 2.75) is 19.3 Å². The Balaban J connectivity index is 1.93. The van der Waals surface area contributed by atoms with Crippen LogP contribution < -0.4 is 20.5 Å². The molecular formula is C13H20N2O2. The smallest absolute Gasteiger partial charge is 0.163 e. The van der Waals surface area contributed by atoms with Gasteiger partial charge in [0.15, 0.2) is 11.5 Å². The van der Waals surface area contributed by atoms with Crippen molar-refractivity contribution < 1.29 is 9.47 Å². The molecule has 17 heavy (non-hydrogen) atoms. The van der Waals surface area contributed by atoms with Crippen LogP contribution >= 0.6 is 0 Å². The fraction of sp³-hybridized carbons (Fsp3) is 0.538. The molecule has 4 heteroatoms. The van der Waals surface area contributed by atoms with Gasteiger partial charge in [-0.15, -0.1) is 0 Å². The number of anilines is 1. The monoisotopic (exact) mass is 236 g/mol. The zero-order valence-electron chi connectivity index (χ0n) is 10.1. The van der Waals surface area contributed by atoms with Gasteiger partial charge in [-0.2, -0.15) is 0 Å². The standard InChI is InChI=1S/C13H20N2O2/c14-6-1-2-7-15-11-4-5-12-13(10-11)17-9-3-8-16-12/h4-5,10,15H,1-3,6-9,14H2. The predicted octanol–water partition coefficient (Wildman–Crippen LogP) is 2.00. The molecule has 4 nitrogen and oxygen atoms in total. The number of fused-ring (bicyclic) bond motifs is 1. The number of hydrogen-bond acceptors (Lipinski definition) is 4. The largest absolute Gasteiger partial charge is 0.490 e. The lowest BCUT2D eigenvalue weighted by atomic mass is 10.2. The summed E-state index contributed by atoms with van der Waals surface area (Å²) in [4.78, 5) is 0. The number of nitrogens with two attached hydrogens (primary N) is 1. The molecule has 0 atom stereocenters. The molecule has 1 aromatic rings. The molecule has 0 aromatic heterocycles. The summed E-state index contributed by atoms with van der Waals surface area (Å²) < 4.78 is 11.2. The lowest BCUT2D eigenvalue weighted by Crippen LogP contribution is -2.05. The number of nitrogens with one attached hydrogen (secondary N) is 1. The van der Waals surface area contributed by atoms with Gasteiger partial charge in [0, 0.05) is 24.7 Å². The van der Waals surface area contributed by atoms with Gasteiger partial charge in [-0.3, -0.25) is 0 Å². The van der Waals surface area contributed by atoms with E-state index in [-0.39, 0.29) is 0 Å². The summed E-state index contributed by atoms with van der Waals surface area (Å²) in [6, 6.07) is 5.99. The highest BCUT2D eigenvalue weighted by Gasteiger charge is 2.10. The molecule has 0 radical (unpaired) electrons. The second kappa shape index (κ2) is 6.35. The lowest BCUT2D eigenvalue weighted by molar-refractivity contribution is 0.297. The van der Waals surface area contributed by atoms with Crippen LogP contribution in [0.3, 0.4) is 0 Å². The van der Waals surface area contributed by atoms with E-state index < -0.39 is 0 Å². The van der Waals surface area contributed by atoms with E-state index in [1.807, 2.05) is 18.2 Å². The van der Waals surface area contributed by atoms with Gasteiger partial charge in [0.05, 0.1) is 13.2 Å². The molecule has 1 aliphatic heterocycles. The molecule has 1 aromatic carbocycles. The average Bonchev–Trinajstić information content (AvgIpc) is 2.59. The summed E-state index contributed by atoms with van der Waals surface area (Å²) in [6.45, 7) is 3.15. The molecule has 0 saturated heterocycles. The summed E-state index contributed by atoms with van der Waals surface area (Å²) in [6.07, 6.45) is 3.08. The third kappa shape index (κ3) is 3.53. The number of rotatable bonds is 5. The zero-order chi connectivity index (χ0) is 11.9. The highest BCUT2D eigenvalue weighted by Crippen LogP contribution is 2.32. The van der Waals surface area contributed by atoms with Crippen molar-refractivity contribution in [1.29, 1.82) is 0 Å². The molecule has 0 spiro atoms. The van der Waals surface area contributed by atoms with E-state index in [0.29, 0.717) is 0 Å². The Morgan fingerprint density at radius 1 is 1.12 bits per heavy atom. The van der Waals surface area contributed by atoms with Gasteiger partial charge >= 0.3 is 0 Å². The van der Waals surface area contributed by atoms with Gasteiger partial charge in [-0.05, 0) is 31.5 Å². The molecule has 0 aliphatic carbocycles. The quantitative estimate of drug-likeness (QED) is 0.768. The van der Waals surface area contributed by atoms with E-state index >= 15 is 0 Å². The maximum absolute atomic E-state index is 5.63. The van der Waals surface area contributed by atoms with Crippen LogP contribution in [0.5, 0.6) is 11.5 Å². The van der Waals surface area contributed by atoms with Crippen LogP contribution in [0, 0.1) is 0 Å². The Morgan fingerprint density at radius 3 is 2.76 bits per heavy atom. The fourth-order valence-corrected chi connectivity index (χ4v) is 1.78. The van der Waals surface area contributed by atoms with Crippen LogP contribution in [0.4, 0.5) is 5.69 Å². The van der Waals surface area contributed by atoms with Crippen LogP contribution in [0.15, 0.2) is 18.2 Å². The summed E-state index contributed by atoms with van der Waals surface area (Å²) in [5, 5.41) is 3.36. The van der Waals surface area contributed by atoms with E-state index in [9.17, 15) is 0 Å². The van der Waals surface area contributed by atoms with Gasteiger partial charge in [0.25, 0.3) is 0 Å². The molecule has 0 bridgehead atoms. The van der Waals surface area contributed by atoms with Gasteiger partial charge in [0.1, 0.15) is 0 Å². The van der Waals surface area contributed by atoms with Crippen molar-refractivity contribution in [2.24, 2.45) is 5.73 Å². The first-order valence-electron chi connectivity index (χ1n) is 6.24. The maximum Gasteiger partial charge on any atom is 0.163 e. The molecule has 1 heterocycles. The topological polar surface area (TPSA) is 56.5 Å². The van der Waals surface area contributed by atoms with Crippen LogP contribution in [0.25, 0.3) is 0 Å². The van der Waals surface area contributed by atoms with Crippen molar-refractivity contribution in [1.82, 2.24) is 0 Å². The normalized spacial score (nSPS) is 14.2. The summed E-state index contributed by atoms with van der Waals surface area (Å²) in [5.74, 6) is 1.68. The number of hydrogen-bond donors (Lipinski definition) is 2. The SMILES string of the molecule is NCCCCNc1ccc2c(c1)OCCCO2. The zero-order valence-corrected chi connectivity index (χ0v) is 10.1. The van der Waals surface area contributed by atoms with E-state index in [2.05, 4.69) is 5.32 Å². The van der Waals surface area contributed by atoms with Crippen LogP contribution in [0.1, 0.15) is 19.3 Å². The van der Waals surface area contributed by atoms with E-state index in [1.165, 1.54) is 0 Å². The third-order valence-corrected chi connectivity index (χ3v) is 2.71. The number of unbranched alkanes of at least 4 members (excludes halogenated alkanes) is 1. The first kappa shape index (κ1) is 12.0. The van der Waals surface area contributed by atoms with Crippen molar-refractivity contribution in [2.75, 3.05) is 31.6 Å². The van der Waals surface area contributed by atoms with E-state index in [1.54, 1.807) is 0 Å². The number of ether oxygens (including phenoxy) is 2. The molecule has 94 valence electrons. The Labute approximate surface area is 102 Å². The highest BCUT2D eigenvalue weighted by atomic mass is 16.5. The second-order valence-electron chi connectivity index (χ2n) is 4.13. The van der Waals surface area contributed by atoms with Crippen molar-refractivity contribution in [3.05, 3.63) is 18.2 Å². The molecular weight excluding hydrogens is 216 g/mol. The van der Waals surface area contributed by atoms with Crippen molar-refractivity contribution >= 4 is 5.69 Å². The maximum atomic E-state index is 5.63. The lowest BCUT2D eigenvalue weighted by Gasteiger charge is -2.10. The Bertz CT molecular complexity index is 355. The minimum atomic E-state index is 0.726. The van der Waals surface area contributed by atoms with E-state index in [0.717, 1.165) is 62.8 Å². The van der Waals surface area contributed by atoms with E-state index in [4.69, 9.17) is 15.2 Å². The average molecular weight is 236 g/mol. The minimum absolute atomic E-state index is 0.726. The highest BCUT2D eigenvalue weighted by molar-refractivity contribution is 5.54. The number of benzene rings is 1. The second-order valence-corrected chi connectivity index (χ2v) is 4.13. The third-order valence-electron chi connectivity index (χ3n) is 2.71. The first-order valence-corrected chi connectivity index (χ1v) is 6.24. The van der Waals surface area contributed by atoms with Gasteiger partial charge < -0.3 is 20.5 Å². The molecule has 0 unspecified atom stereocenters. The van der Waals surface area contributed by atoms with Crippen LogP contribution in [0.2, 0.25) is 0 Å². The summed E-state index contributed by atoms with van der Waals surface area (Å²) in [5.41, 5.74) is 6.53. The fourth-order valence-electron chi connectivity index (χ4n) is 1.78. The summed E-state index contributed by atoms with van der Waals surface area (Å²) in [7, 11) is 0. The summed E-state index contributed by atoms with van der Waals surface area (Å²) >= 11 is 0. The van der Waals surface area contributed by atoms with Crippen molar-refractivity contribution in [3.8, 4) is 11.5 Å². The molecule has 0 fully saturated rings. The van der Waals surface area contributed by atoms with Gasteiger partial charge in [-0.1, -0.05) is 0 Å². The molecule has 2 rings (SSSR count). The predicted molar refractivity (Wildman–Crippen MR) is 68.8 cm³/mol. The molecule has 1 aliphatic rings. The Hall–Kier alpha value is -1.42. The minimum Gasteiger partial charge on any atom is -0.490 e. The molecule has 0 saturated carbocycles. The van der Waals surface area contributed by atoms with Crippen LogP contribution in [-0.4, -0.2) is 26.3 Å². The Morgan fingerprint density at radius 2 is 1.94 bits per heavy atom. The van der Waals surface area contributed by atoms with Gasteiger partial charge in [0.2, 0.25) is 0 Å². The first-order chi connectivity index (χ1) is 8.40. The molecule has 0 amide bonds. The van der Waals surface area contributed by atoms with Crippen LogP contribution in [-0.2, 0) is 0 Å². The molecule has 3 N–H and O–H groups in total.